The summed E-state index contributed by atoms with van der Waals surface area (Å²) in [4.78, 5) is 4.46. The highest BCUT2D eigenvalue weighted by atomic mass is 32.1. The molecule has 0 saturated carbocycles. The Morgan fingerprint density at radius 1 is 1.35 bits per heavy atom. The Kier molecular flexibility index (Phi) is 4.08. The quantitative estimate of drug-likeness (QED) is 0.719. The van der Waals surface area contributed by atoms with Crippen molar-refractivity contribution < 1.29 is 9.47 Å². The number of hydrogen-bond acceptors (Lipinski definition) is 5. The predicted molar refractivity (Wildman–Crippen MR) is 89.1 cm³/mol. The lowest BCUT2D eigenvalue weighted by Crippen LogP contribution is -2.17. The van der Waals surface area contributed by atoms with Crippen LogP contribution in [0, 0.1) is 0 Å². The number of imidazole rings is 1. The van der Waals surface area contributed by atoms with Crippen molar-refractivity contribution in [3.63, 3.8) is 0 Å². The van der Waals surface area contributed by atoms with Crippen LogP contribution in [0.2, 0.25) is 0 Å². The van der Waals surface area contributed by atoms with Crippen LogP contribution in [0.1, 0.15) is 12.8 Å². The molecule has 5 nitrogen and oxygen atoms in total. The molecule has 1 aliphatic rings. The van der Waals surface area contributed by atoms with Gasteiger partial charge in [-0.1, -0.05) is 12.1 Å². The Morgan fingerprint density at radius 2 is 2.30 bits per heavy atom. The summed E-state index contributed by atoms with van der Waals surface area (Å²) in [7, 11) is 0. The maximum atomic E-state index is 6.03. The largest absolute Gasteiger partial charge is 0.489 e. The molecule has 1 aliphatic heterocycles. The van der Waals surface area contributed by atoms with Gasteiger partial charge in [-0.2, -0.15) is 0 Å². The van der Waals surface area contributed by atoms with Crippen molar-refractivity contribution in [1.29, 1.82) is 0 Å². The maximum Gasteiger partial charge on any atom is 0.147 e. The summed E-state index contributed by atoms with van der Waals surface area (Å²) in [6.07, 6.45) is 7.96. The van der Waals surface area contributed by atoms with Crippen LogP contribution in [0.25, 0.3) is 17.1 Å². The lowest BCUT2D eigenvalue weighted by molar-refractivity contribution is 0.0679. The Morgan fingerprint density at radius 3 is 3.13 bits per heavy atom. The van der Waals surface area contributed by atoms with Gasteiger partial charge in [-0.05, 0) is 36.5 Å². The molecule has 1 aromatic carbocycles. The van der Waals surface area contributed by atoms with Crippen LogP contribution >= 0.6 is 11.5 Å². The first kappa shape index (κ1) is 14.4. The molecule has 0 bridgehead atoms. The second kappa shape index (κ2) is 6.52. The lowest BCUT2D eigenvalue weighted by atomic mass is 10.2. The second-order valence-electron chi connectivity index (χ2n) is 5.45. The van der Waals surface area contributed by atoms with Crippen molar-refractivity contribution in [3.05, 3.63) is 48.2 Å². The highest BCUT2D eigenvalue weighted by molar-refractivity contribution is 7.03. The molecule has 0 spiro atoms. The molecule has 23 heavy (non-hydrogen) atoms. The SMILES string of the molecule is c1ccc(-n2ccnc2-c2cnsc2)c(OCC2CCCO2)c1. The van der Waals surface area contributed by atoms with E-state index in [0.29, 0.717) is 6.61 Å². The van der Waals surface area contributed by atoms with Crippen LogP contribution in [-0.4, -0.2) is 33.2 Å². The summed E-state index contributed by atoms with van der Waals surface area (Å²) in [6, 6.07) is 8.01. The summed E-state index contributed by atoms with van der Waals surface area (Å²) in [5, 5.41) is 1.99. The first-order valence-corrected chi connectivity index (χ1v) is 8.52. The minimum atomic E-state index is 0.200. The van der Waals surface area contributed by atoms with Gasteiger partial charge < -0.3 is 9.47 Å². The third-order valence-corrected chi connectivity index (χ3v) is 4.49. The van der Waals surface area contributed by atoms with Gasteiger partial charge in [0.15, 0.2) is 0 Å². The lowest BCUT2D eigenvalue weighted by Gasteiger charge is -2.16. The van der Waals surface area contributed by atoms with Crippen molar-refractivity contribution in [3.8, 4) is 22.8 Å². The Labute approximate surface area is 138 Å². The molecule has 0 aliphatic carbocycles. The molecule has 1 saturated heterocycles. The summed E-state index contributed by atoms with van der Waals surface area (Å²) in [5.74, 6) is 1.71. The van der Waals surface area contributed by atoms with Crippen molar-refractivity contribution in [2.75, 3.05) is 13.2 Å². The monoisotopic (exact) mass is 327 g/mol. The van der Waals surface area contributed by atoms with Crippen LogP contribution in [0.3, 0.4) is 0 Å². The van der Waals surface area contributed by atoms with E-state index < -0.39 is 0 Å². The molecule has 1 atom stereocenters. The molecular weight excluding hydrogens is 310 g/mol. The van der Waals surface area contributed by atoms with E-state index in [1.807, 2.05) is 46.6 Å². The van der Waals surface area contributed by atoms with Crippen molar-refractivity contribution in [2.24, 2.45) is 0 Å². The molecule has 3 heterocycles. The molecule has 0 radical (unpaired) electrons. The third-order valence-electron chi connectivity index (χ3n) is 3.90. The number of hydrogen-bond donors (Lipinski definition) is 0. The van der Waals surface area contributed by atoms with Gasteiger partial charge in [-0.3, -0.25) is 4.57 Å². The number of aromatic nitrogens is 3. The van der Waals surface area contributed by atoms with Gasteiger partial charge in [0, 0.05) is 29.9 Å². The average Bonchev–Trinajstić information content (AvgIpc) is 3.34. The molecule has 1 unspecified atom stereocenters. The fourth-order valence-corrected chi connectivity index (χ4v) is 3.28. The molecule has 0 N–H and O–H groups in total. The summed E-state index contributed by atoms with van der Waals surface area (Å²) in [5.41, 5.74) is 1.98. The predicted octanol–water partition coefficient (Wildman–Crippen LogP) is 3.55. The minimum Gasteiger partial charge on any atom is -0.489 e. The molecule has 4 rings (SSSR count). The normalized spacial score (nSPS) is 17.5. The van der Waals surface area contributed by atoms with Crippen LogP contribution in [0.4, 0.5) is 0 Å². The summed E-state index contributed by atoms with van der Waals surface area (Å²) < 4.78 is 17.9. The fraction of sp³-hybridized carbons (Fsp3) is 0.294. The van der Waals surface area contributed by atoms with Crippen molar-refractivity contribution in [1.82, 2.24) is 13.9 Å². The van der Waals surface area contributed by atoms with Gasteiger partial charge in [0.2, 0.25) is 0 Å². The van der Waals surface area contributed by atoms with E-state index in [1.54, 1.807) is 6.20 Å². The van der Waals surface area contributed by atoms with Crippen LogP contribution < -0.4 is 4.74 Å². The van der Waals surface area contributed by atoms with E-state index in [0.717, 1.165) is 42.3 Å². The Hall–Kier alpha value is -2.18. The number of ether oxygens (including phenoxy) is 2. The zero-order valence-corrected chi connectivity index (χ0v) is 13.4. The van der Waals surface area contributed by atoms with Crippen molar-refractivity contribution >= 4 is 11.5 Å². The highest BCUT2D eigenvalue weighted by Gasteiger charge is 2.18. The topological polar surface area (TPSA) is 49.2 Å². The van der Waals surface area contributed by atoms with Crippen LogP contribution in [-0.2, 0) is 4.74 Å². The Bertz CT molecular complexity index is 764. The number of nitrogens with zero attached hydrogens (tertiary/aromatic N) is 3. The zero-order chi connectivity index (χ0) is 15.5. The molecule has 3 aromatic rings. The zero-order valence-electron chi connectivity index (χ0n) is 12.6. The summed E-state index contributed by atoms with van der Waals surface area (Å²) in [6.45, 7) is 1.42. The fourth-order valence-electron chi connectivity index (χ4n) is 2.76. The second-order valence-corrected chi connectivity index (χ2v) is 6.11. The van der Waals surface area contributed by atoms with E-state index in [-0.39, 0.29) is 6.10 Å². The van der Waals surface area contributed by atoms with E-state index >= 15 is 0 Å². The van der Waals surface area contributed by atoms with Crippen molar-refractivity contribution in [2.45, 2.75) is 18.9 Å². The van der Waals surface area contributed by atoms with Gasteiger partial charge in [0.05, 0.1) is 18.0 Å². The first-order chi connectivity index (χ1) is 11.4. The van der Waals surface area contributed by atoms with Gasteiger partial charge in [-0.25, -0.2) is 9.36 Å². The molecule has 2 aromatic heterocycles. The average molecular weight is 327 g/mol. The van der Waals surface area contributed by atoms with Crippen LogP contribution in [0.15, 0.2) is 48.2 Å². The molecule has 118 valence electrons. The number of para-hydroxylation sites is 2. The standard InChI is InChI=1S/C17H17N3O2S/c1-2-6-16(22-11-14-4-3-9-21-14)15(5-1)20-8-7-18-17(20)13-10-19-23-12-13/h1-2,5-8,10,12,14H,3-4,9,11H2. The first-order valence-electron chi connectivity index (χ1n) is 7.69. The van der Waals surface area contributed by atoms with Gasteiger partial charge in [0.1, 0.15) is 18.2 Å². The van der Waals surface area contributed by atoms with Crippen LogP contribution in [0.5, 0.6) is 5.75 Å². The third kappa shape index (κ3) is 3.00. The maximum absolute atomic E-state index is 6.03. The van der Waals surface area contributed by atoms with Gasteiger partial charge in [-0.15, -0.1) is 0 Å². The van der Waals surface area contributed by atoms with Gasteiger partial charge in [0.25, 0.3) is 0 Å². The molecular formula is C17H17N3O2S. The molecule has 6 heteroatoms. The number of rotatable bonds is 5. The van der Waals surface area contributed by atoms with E-state index in [4.69, 9.17) is 9.47 Å². The van der Waals surface area contributed by atoms with Gasteiger partial charge >= 0.3 is 0 Å². The van der Waals surface area contributed by atoms with E-state index in [2.05, 4.69) is 9.36 Å². The minimum absolute atomic E-state index is 0.200. The number of benzene rings is 1. The smallest absolute Gasteiger partial charge is 0.147 e. The van der Waals surface area contributed by atoms with E-state index in [9.17, 15) is 0 Å². The highest BCUT2D eigenvalue weighted by Crippen LogP contribution is 2.28. The van der Waals surface area contributed by atoms with E-state index in [1.165, 1.54) is 11.5 Å². The molecule has 1 fully saturated rings. The molecule has 0 amide bonds. The summed E-state index contributed by atoms with van der Waals surface area (Å²) >= 11 is 1.42. The Balaban J connectivity index is 1.63.